The van der Waals surface area contributed by atoms with Crippen molar-refractivity contribution in [3.8, 4) is 28.1 Å². The van der Waals surface area contributed by atoms with Gasteiger partial charge < -0.3 is 15.3 Å². The molecule has 0 spiro atoms. The summed E-state index contributed by atoms with van der Waals surface area (Å²) in [5.41, 5.74) is 4.22. The number of anilines is 1. The zero-order valence-electron chi connectivity index (χ0n) is 15.2. The summed E-state index contributed by atoms with van der Waals surface area (Å²) in [5.74, 6) is 2.54. The SMILES string of the molecule is Cc1[nH]ncc1-c1ccc(-c2ccc(N3C[C@H]4CNC[C@H]4C3)nn2)c(O)c1. The first-order chi connectivity index (χ1) is 13.2. The Morgan fingerprint density at radius 1 is 1.04 bits per heavy atom. The van der Waals surface area contributed by atoms with Gasteiger partial charge in [-0.1, -0.05) is 6.07 Å². The number of aromatic nitrogens is 4. The first-order valence-electron chi connectivity index (χ1n) is 9.32. The van der Waals surface area contributed by atoms with Crippen LogP contribution >= 0.6 is 0 Å². The van der Waals surface area contributed by atoms with Gasteiger partial charge in [0, 0.05) is 43.0 Å². The molecule has 0 radical (unpaired) electrons. The van der Waals surface area contributed by atoms with Crippen LogP contribution < -0.4 is 10.2 Å². The van der Waals surface area contributed by atoms with Crippen molar-refractivity contribution in [2.45, 2.75) is 6.92 Å². The quantitative estimate of drug-likeness (QED) is 0.662. The summed E-state index contributed by atoms with van der Waals surface area (Å²) in [5, 5.41) is 29.7. The lowest BCUT2D eigenvalue weighted by Crippen LogP contribution is -2.26. The average Bonchev–Trinajstić information content (AvgIpc) is 3.38. The molecule has 1 aromatic carbocycles. The van der Waals surface area contributed by atoms with E-state index in [1.165, 1.54) is 0 Å². The van der Waals surface area contributed by atoms with Crippen molar-refractivity contribution in [2.24, 2.45) is 11.8 Å². The number of phenolic OH excluding ortho intramolecular Hbond substituents is 1. The lowest BCUT2D eigenvalue weighted by molar-refractivity contribution is 0.477. The number of benzene rings is 1. The molecule has 3 N–H and O–H groups in total. The van der Waals surface area contributed by atoms with Crippen LogP contribution in [0.15, 0.2) is 36.5 Å². The standard InChI is InChI=1S/C20H22N6O/c1-12-17(9-22-23-12)13-2-3-16(19(27)6-13)18-4-5-20(25-24-18)26-10-14-7-21-8-15(14)11-26/h2-6,9,14-15,21,27H,7-8,10-11H2,1H3,(H,22,23)/t14-,15+. The Morgan fingerprint density at radius 3 is 2.48 bits per heavy atom. The minimum absolute atomic E-state index is 0.192. The Kier molecular flexibility index (Phi) is 3.82. The molecule has 0 aliphatic carbocycles. The van der Waals surface area contributed by atoms with E-state index in [1.54, 1.807) is 12.3 Å². The molecular formula is C20H22N6O. The van der Waals surface area contributed by atoms with Crippen molar-refractivity contribution >= 4 is 5.82 Å². The van der Waals surface area contributed by atoms with E-state index in [1.807, 2.05) is 31.2 Å². The maximum Gasteiger partial charge on any atom is 0.151 e. The van der Waals surface area contributed by atoms with Crippen molar-refractivity contribution < 1.29 is 5.11 Å². The van der Waals surface area contributed by atoms with E-state index in [4.69, 9.17) is 0 Å². The lowest BCUT2D eigenvalue weighted by Gasteiger charge is -2.18. The van der Waals surface area contributed by atoms with Gasteiger partial charge in [0.15, 0.2) is 5.82 Å². The molecule has 5 rings (SSSR count). The Hall–Kier alpha value is -2.93. The topological polar surface area (TPSA) is 90.0 Å². The van der Waals surface area contributed by atoms with Gasteiger partial charge in [0.2, 0.25) is 0 Å². The molecule has 7 nitrogen and oxygen atoms in total. The fourth-order valence-corrected chi connectivity index (χ4v) is 4.24. The number of nitrogens with one attached hydrogen (secondary N) is 2. The predicted octanol–water partition coefficient (Wildman–Crippen LogP) is 2.20. The van der Waals surface area contributed by atoms with Crippen LogP contribution in [0.25, 0.3) is 22.4 Å². The first kappa shape index (κ1) is 16.3. The maximum absolute atomic E-state index is 10.5. The highest BCUT2D eigenvalue weighted by atomic mass is 16.3. The Morgan fingerprint density at radius 2 is 1.85 bits per heavy atom. The van der Waals surface area contributed by atoms with Gasteiger partial charge in [0.1, 0.15) is 5.75 Å². The molecule has 2 atom stereocenters. The third-order valence-corrected chi connectivity index (χ3v) is 5.78. The maximum atomic E-state index is 10.5. The van der Waals surface area contributed by atoms with Crippen LogP contribution in [-0.2, 0) is 0 Å². The lowest BCUT2D eigenvalue weighted by atomic mass is 10.0. The summed E-state index contributed by atoms with van der Waals surface area (Å²) in [6.07, 6.45) is 1.76. The molecule has 2 aromatic heterocycles. The summed E-state index contributed by atoms with van der Waals surface area (Å²) in [4.78, 5) is 2.32. The number of aryl methyl sites for hydroxylation is 1. The summed E-state index contributed by atoms with van der Waals surface area (Å²) >= 11 is 0. The second-order valence-electron chi connectivity index (χ2n) is 7.50. The summed E-state index contributed by atoms with van der Waals surface area (Å²) in [6.45, 7) is 6.23. The van der Waals surface area contributed by atoms with Gasteiger partial charge in [-0.2, -0.15) is 5.10 Å². The second kappa shape index (κ2) is 6.35. The van der Waals surface area contributed by atoms with Gasteiger partial charge in [-0.25, -0.2) is 0 Å². The molecule has 3 aromatic rings. The zero-order valence-corrected chi connectivity index (χ0v) is 15.2. The molecule has 4 heterocycles. The third-order valence-electron chi connectivity index (χ3n) is 5.78. The number of hydrogen-bond acceptors (Lipinski definition) is 6. The molecule has 0 amide bonds. The highest BCUT2D eigenvalue weighted by molar-refractivity contribution is 5.75. The van der Waals surface area contributed by atoms with Crippen molar-refractivity contribution in [1.29, 1.82) is 0 Å². The molecule has 2 aliphatic rings. The van der Waals surface area contributed by atoms with E-state index in [9.17, 15) is 5.11 Å². The predicted molar refractivity (Wildman–Crippen MR) is 104 cm³/mol. The molecular weight excluding hydrogens is 340 g/mol. The van der Waals surface area contributed by atoms with Crippen LogP contribution in [0.4, 0.5) is 5.82 Å². The molecule has 2 saturated heterocycles. The molecule has 2 aliphatic heterocycles. The smallest absolute Gasteiger partial charge is 0.151 e. The van der Waals surface area contributed by atoms with Crippen molar-refractivity contribution in [2.75, 3.05) is 31.1 Å². The van der Waals surface area contributed by atoms with Gasteiger partial charge in [-0.15, -0.1) is 10.2 Å². The first-order valence-corrected chi connectivity index (χ1v) is 9.32. The van der Waals surface area contributed by atoms with Crippen LogP contribution in [-0.4, -0.2) is 51.7 Å². The van der Waals surface area contributed by atoms with Gasteiger partial charge >= 0.3 is 0 Å². The number of fused-ring (bicyclic) bond motifs is 1. The monoisotopic (exact) mass is 362 g/mol. The molecule has 138 valence electrons. The molecule has 27 heavy (non-hydrogen) atoms. The fraction of sp³-hybridized carbons (Fsp3) is 0.350. The molecule has 0 unspecified atom stereocenters. The van der Waals surface area contributed by atoms with Gasteiger partial charge in [-0.05, 0) is 48.6 Å². The van der Waals surface area contributed by atoms with Crippen LogP contribution in [0, 0.1) is 18.8 Å². The van der Waals surface area contributed by atoms with Gasteiger partial charge in [-0.3, -0.25) is 5.10 Å². The van der Waals surface area contributed by atoms with E-state index >= 15 is 0 Å². The van der Waals surface area contributed by atoms with Crippen molar-refractivity contribution in [1.82, 2.24) is 25.7 Å². The second-order valence-corrected chi connectivity index (χ2v) is 7.50. The Labute approximate surface area is 157 Å². The number of H-pyrrole nitrogens is 1. The number of hydrogen-bond donors (Lipinski definition) is 3. The van der Waals surface area contributed by atoms with Crippen LogP contribution in [0.3, 0.4) is 0 Å². The molecule has 7 heteroatoms. The normalized spacial score (nSPS) is 21.6. The highest BCUT2D eigenvalue weighted by Crippen LogP contribution is 2.34. The number of aromatic hydroxyl groups is 1. The average molecular weight is 362 g/mol. The van der Waals surface area contributed by atoms with E-state index in [-0.39, 0.29) is 5.75 Å². The molecule has 0 bridgehead atoms. The van der Waals surface area contributed by atoms with Gasteiger partial charge in [0.05, 0.1) is 11.9 Å². The van der Waals surface area contributed by atoms with E-state index in [0.29, 0.717) is 11.3 Å². The number of aromatic amines is 1. The highest BCUT2D eigenvalue weighted by Gasteiger charge is 2.36. The summed E-state index contributed by atoms with van der Waals surface area (Å²) < 4.78 is 0. The number of rotatable bonds is 3. The molecule has 2 fully saturated rings. The largest absolute Gasteiger partial charge is 0.507 e. The van der Waals surface area contributed by atoms with E-state index < -0.39 is 0 Å². The van der Waals surface area contributed by atoms with E-state index in [0.717, 1.165) is 60.7 Å². The molecule has 0 saturated carbocycles. The van der Waals surface area contributed by atoms with E-state index in [2.05, 4.69) is 30.6 Å². The third kappa shape index (κ3) is 2.84. The van der Waals surface area contributed by atoms with Crippen molar-refractivity contribution in [3.05, 3.63) is 42.2 Å². The number of phenols is 1. The summed E-state index contributed by atoms with van der Waals surface area (Å²) in [7, 11) is 0. The van der Waals surface area contributed by atoms with Gasteiger partial charge in [0.25, 0.3) is 0 Å². The zero-order chi connectivity index (χ0) is 18.4. The fourth-order valence-electron chi connectivity index (χ4n) is 4.24. The Bertz CT molecular complexity index is 955. The number of nitrogens with zero attached hydrogens (tertiary/aromatic N) is 4. The Balaban J connectivity index is 1.38. The van der Waals surface area contributed by atoms with Crippen molar-refractivity contribution in [3.63, 3.8) is 0 Å². The van der Waals surface area contributed by atoms with Crippen LogP contribution in [0.2, 0.25) is 0 Å². The minimum atomic E-state index is 0.192. The summed E-state index contributed by atoms with van der Waals surface area (Å²) in [6, 6.07) is 9.54. The van der Waals surface area contributed by atoms with Crippen LogP contribution in [0.1, 0.15) is 5.69 Å². The minimum Gasteiger partial charge on any atom is -0.507 e. The van der Waals surface area contributed by atoms with Crippen LogP contribution in [0.5, 0.6) is 5.75 Å².